The van der Waals surface area contributed by atoms with Gasteiger partial charge in [-0.2, -0.15) is 0 Å². The highest BCUT2D eigenvalue weighted by Gasteiger charge is 2.40. The number of carbonyl (C=O) groups excluding carboxylic acids is 1. The minimum absolute atomic E-state index is 0.0965. The van der Waals surface area contributed by atoms with Crippen LogP contribution in [-0.2, 0) is 0 Å². The number of β-amino-alcohol motifs (C(OH)–C–C–N with tert-alkyl or cyclic N) is 1. The minimum Gasteiger partial charge on any atom is -0.386 e. The lowest BCUT2D eigenvalue weighted by molar-refractivity contribution is -0.0669. The number of aromatic nitrogens is 2. The Kier molecular flexibility index (Phi) is 2.87. The van der Waals surface area contributed by atoms with Gasteiger partial charge < -0.3 is 10.0 Å². The molecule has 1 amide bonds. The summed E-state index contributed by atoms with van der Waals surface area (Å²) < 4.78 is 0. The van der Waals surface area contributed by atoms with Crippen molar-refractivity contribution in [3.05, 3.63) is 23.8 Å². The SMILES string of the molecule is CC(C)c1ncncc1C(=O)N1CC(C)(O)C1. The van der Waals surface area contributed by atoms with E-state index in [1.165, 1.54) is 6.33 Å². The predicted octanol–water partition coefficient (Wildman–Crippen LogP) is 0.807. The van der Waals surface area contributed by atoms with Crippen molar-refractivity contribution in [3.63, 3.8) is 0 Å². The number of rotatable bonds is 2. The zero-order valence-electron chi connectivity index (χ0n) is 10.3. The molecule has 5 nitrogen and oxygen atoms in total. The standard InChI is InChI=1S/C12H17N3O2/c1-8(2)10-9(4-13-7-14-10)11(16)15-5-12(3,17)6-15/h4,7-8,17H,5-6H2,1-3H3. The van der Waals surface area contributed by atoms with Crippen molar-refractivity contribution in [2.75, 3.05) is 13.1 Å². The molecule has 5 heteroatoms. The molecule has 0 bridgehead atoms. The Morgan fingerprint density at radius 1 is 1.53 bits per heavy atom. The van der Waals surface area contributed by atoms with Gasteiger partial charge in [0.25, 0.3) is 5.91 Å². The third-order valence-corrected chi connectivity index (χ3v) is 2.87. The van der Waals surface area contributed by atoms with Gasteiger partial charge >= 0.3 is 0 Å². The predicted molar refractivity (Wildman–Crippen MR) is 62.6 cm³/mol. The summed E-state index contributed by atoms with van der Waals surface area (Å²) >= 11 is 0. The first-order valence-corrected chi connectivity index (χ1v) is 5.72. The third kappa shape index (κ3) is 2.29. The molecule has 0 aliphatic carbocycles. The minimum atomic E-state index is -0.747. The van der Waals surface area contributed by atoms with Crippen LogP contribution in [0, 0.1) is 0 Å². The van der Waals surface area contributed by atoms with Gasteiger partial charge in [0, 0.05) is 6.20 Å². The quantitative estimate of drug-likeness (QED) is 0.823. The Morgan fingerprint density at radius 2 is 2.18 bits per heavy atom. The van der Waals surface area contributed by atoms with E-state index in [0.29, 0.717) is 18.7 Å². The second kappa shape index (κ2) is 4.07. The Morgan fingerprint density at radius 3 is 2.71 bits per heavy atom. The number of amides is 1. The summed E-state index contributed by atoms with van der Waals surface area (Å²) in [6, 6.07) is 0. The molecule has 0 aromatic carbocycles. The van der Waals surface area contributed by atoms with Crippen LogP contribution in [0.15, 0.2) is 12.5 Å². The molecule has 1 saturated heterocycles. The zero-order valence-corrected chi connectivity index (χ0v) is 10.3. The molecule has 1 aromatic heterocycles. The molecule has 2 heterocycles. The van der Waals surface area contributed by atoms with Crippen molar-refractivity contribution in [1.82, 2.24) is 14.9 Å². The van der Waals surface area contributed by atoms with Crippen LogP contribution in [-0.4, -0.2) is 44.6 Å². The number of nitrogens with zero attached hydrogens (tertiary/aromatic N) is 3. The fourth-order valence-electron chi connectivity index (χ4n) is 2.05. The highest BCUT2D eigenvalue weighted by atomic mass is 16.3. The molecule has 1 aliphatic rings. The molecule has 0 spiro atoms. The van der Waals surface area contributed by atoms with E-state index in [4.69, 9.17) is 0 Å². The van der Waals surface area contributed by atoms with Crippen molar-refractivity contribution < 1.29 is 9.90 Å². The summed E-state index contributed by atoms with van der Waals surface area (Å²) in [4.78, 5) is 21.9. The van der Waals surface area contributed by atoms with Crippen LogP contribution in [0.3, 0.4) is 0 Å². The second-order valence-electron chi connectivity index (χ2n) is 5.13. The topological polar surface area (TPSA) is 66.3 Å². The van der Waals surface area contributed by atoms with Gasteiger partial charge in [-0.05, 0) is 12.8 Å². The number of hydrogen-bond donors (Lipinski definition) is 1. The third-order valence-electron chi connectivity index (χ3n) is 2.87. The van der Waals surface area contributed by atoms with Gasteiger partial charge in [0.05, 0.1) is 29.9 Å². The van der Waals surface area contributed by atoms with Gasteiger partial charge in [-0.25, -0.2) is 9.97 Å². The van der Waals surface area contributed by atoms with Crippen LogP contribution < -0.4 is 0 Å². The highest BCUT2D eigenvalue weighted by Crippen LogP contribution is 2.24. The number of carbonyl (C=O) groups is 1. The van der Waals surface area contributed by atoms with Crippen molar-refractivity contribution in [1.29, 1.82) is 0 Å². The lowest BCUT2D eigenvalue weighted by Gasteiger charge is -2.44. The largest absolute Gasteiger partial charge is 0.386 e. The van der Waals surface area contributed by atoms with Gasteiger partial charge in [-0.15, -0.1) is 0 Å². The molecular weight excluding hydrogens is 218 g/mol. The number of hydrogen-bond acceptors (Lipinski definition) is 4. The smallest absolute Gasteiger partial charge is 0.257 e. The average Bonchev–Trinajstić information content (AvgIpc) is 2.24. The molecule has 0 atom stereocenters. The second-order valence-corrected chi connectivity index (χ2v) is 5.13. The molecule has 2 rings (SSSR count). The van der Waals surface area contributed by atoms with E-state index in [-0.39, 0.29) is 11.8 Å². The zero-order chi connectivity index (χ0) is 12.6. The lowest BCUT2D eigenvalue weighted by Crippen LogP contribution is -2.61. The Hall–Kier alpha value is -1.49. The summed E-state index contributed by atoms with van der Waals surface area (Å²) in [6.07, 6.45) is 3.01. The van der Waals surface area contributed by atoms with Crippen molar-refractivity contribution >= 4 is 5.91 Å². The van der Waals surface area contributed by atoms with Crippen molar-refractivity contribution in [3.8, 4) is 0 Å². The normalized spacial score (nSPS) is 18.1. The van der Waals surface area contributed by atoms with Gasteiger partial charge in [0.1, 0.15) is 6.33 Å². The first-order valence-electron chi connectivity index (χ1n) is 5.72. The van der Waals surface area contributed by atoms with Crippen molar-refractivity contribution in [2.45, 2.75) is 32.3 Å². The Labute approximate surface area is 100 Å². The van der Waals surface area contributed by atoms with Crippen LogP contribution in [0.1, 0.15) is 42.7 Å². The molecule has 0 saturated carbocycles. The van der Waals surface area contributed by atoms with Crippen LogP contribution in [0.5, 0.6) is 0 Å². The molecule has 1 fully saturated rings. The summed E-state index contributed by atoms with van der Waals surface area (Å²) in [6.45, 7) is 6.45. The molecular formula is C12H17N3O2. The van der Waals surface area contributed by atoms with Crippen molar-refractivity contribution in [2.24, 2.45) is 0 Å². The van der Waals surface area contributed by atoms with Crippen LogP contribution in [0.4, 0.5) is 0 Å². The summed E-state index contributed by atoms with van der Waals surface area (Å²) in [5.74, 6) is 0.0829. The molecule has 0 radical (unpaired) electrons. The van der Waals surface area contributed by atoms with E-state index in [1.807, 2.05) is 13.8 Å². The Bertz CT molecular complexity index is 435. The van der Waals surface area contributed by atoms with E-state index < -0.39 is 5.60 Å². The monoisotopic (exact) mass is 235 g/mol. The van der Waals surface area contributed by atoms with Gasteiger partial charge in [-0.1, -0.05) is 13.8 Å². The number of likely N-dealkylation sites (tertiary alicyclic amines) is 1. The van der Waals surface area contributed by atoms with Gasteiger partial charge in [-0.3, -0.25) is 4.79 Å². The maximum absolute atomic E-state index is 12.2. The van der Waals surface area contributed by atoms with Crippen LogP contribution >= 0.6 is 0 Å². The fourth-order valence-corrected chi connectivity index (χ4v) is 2.05. The molecule has 92 valence electrons. The first-order chi connectivity index (χ1) is 7.91. The average molecular weight is 235 g/mol. The molecule has 17 heavy (non-hydrogen) atoms. The van der Waals surface area contributed by atoms with Crippen LogP contribution in [0.25, 0.3) is 0 Å². The van der Waals surface area contributed by atoms with E-state index in [9.17, 15) is 9.90 Å². The Balaban J connectivity index is 2.21. The maximum atomic E-state index is 12.2. The summed E-state index contributed by atoms with van der Waals surface area (Å²) in [5, 5.41) is 9.63. The lowest BCUT2D eigenvalue weighted by atomic mass is 9.95. The van der Waals surface area contributed by atoms with E-state index in [0.717, 1.165) is 5.69 Å². The first kappa shape index (κ1) is 12.0. The van der Waals surface area contributed by atoms with Gasteiger partial charge in [0.2, 0.25) is 0 Å². The molecule has 1 aromatic rings. The molecule has 0 unspecified atom stereocenters. The molecule has 1 N–H and O–H groups in total. The van der Waals surface area contributed by atoms with E-state index in [1.54, 1.807) is 18.0 Å². The number of aliphatic hydroxyl groups is 1. The fraction of sp³-hybridized carbons (Fsp3) is 0.583. The molecule has 1 aliphatic heterocycles. The van der Waals surface area contributed by atoms with E-state index >= 15 is 0 Å². The summed E-state index contributed by atoms with van der Waals surface area (Å²) in [7, 11) is 0. The van der Waals surface area contributed by atoms with E-state index in [2.05, 4.69) is 9.97 Å². The summed E-state index contributed by atoms with van der Waals surface area (Å²) in [5.41, 5.74) is 0.554. The maximum Gasteiger partial charge on any atom is 0.257 e. The highest BCUT2D eigenvalue weighted by molar-refractivity contribution is 5.95. The van der Waals surface area contributed by atoms with Crippen LogP contribution in [0.2, 0.25) is 0 Å². The van der Waals surface area contributed by atoms with Gasteiger partial charge in [0.15, 0.2) is 0 Å².